The van der Waals surface area contributed by atoms with E-state index in [1.54, 1.807) is 20.8 Å². The van der Waals surface area contributed by atoms with Crippen LogP contribution in [0.15, 0.2) is 41.0 Å². The summed E-state index contributed by atoms with van der Waals surface area (Å²) in [4.78, 5) is 33.3. The predicted octanol–water partition coefficient (Wildman–Crippen LogP) is 5.92. The molecule has 0 aromatic heterocycles. The van der Waals surface area contributed by atoms with Crippen LogP contribution in [0.3, 0.4) is 0 Å². The minimum absolute atomic E-state index is 0.163. The molecule has 1 atom stereocenters. The largest absolute Gasteiger partial charge is 0.443 e. The molecule has 1 saturated heterocycles. The fraction of sp³-hybridized carbons (Fsp3) is 0.560. The summed E-state index contributed by atoms with van der Waals surface area (Å²) in [7, 11) is 1.83. The second-order valence-electron chi connectivity index (χ2n) is 10.4. The van der Waals surface area contributed by atoms with E-state index in [1.807, 2.05) is 69.1 Å². The maximum absolute atomic E-state index is 13.3. The average Bonchev–Trinajstić information content (AvgIpc) is 2.84. The van der Waals surface area contributed by atoms with Gasteiger partial charge >= 0.3 is 12.2 Å². The lowest BCUT2D eigenvalue weighted by molar-refractivity contribution is 0.0414. The van der Waals surface area contributed by atoms with Gasteiger partial charge in [-0.15, -0.1) is 4.99 Å². The monoisotopic (exact) mass is 443 g/mol. The van der Waals surface area contributed by atoms with Gasteiger partial charge < -0.3 is 14.4 Å². The van der Waals surface area contributed by atoms with Gasteiger partial charge in [0.25, 0.3) is 0 Å². The molecule has 0 radical (unpaired) electrons. The van der Waals surface area contributed by atoms with Crippen LogP contribution in [-0.4, -0.2) is 52.2 Å². The summed E-state index contributed by atoms with van der Waals surface area (Å²) in [6.45, 7) is 15.0. The molecular formula is C25H37N3O4. The Kier molecular flexibility index (Phi) is 7.75. The highest BCUT2D eigenvalue weighted by molar-refractivity contribution is 6.03. The lowest BCUT2D eigenvalue weighted by Gasteiger charge is -2.25. The summed E-state index contributed by atoms with van der Waals surface area (Å²) in [5.74, 6) is 0.546. The van der Waals surface area contributed by atoms with Crippen LogP contribution in [-0.2, 0) is 9.47 Å². The first kappa shape index (κ1) is 25.4. The van der Waals surface area contributed by atoms with Crippen molar-refractivity contribution in [3.05, 3.63) is 41.6 Å². The summed E-state index contributed by atoms with van der Waals surface area (Å²) in [5.41, 5.74) is 0.246. The molecule has 2 amide bonds. The van der Waals surface area contributed by atoms with Crippen LogP contribution in [0.4, 0.5) is 9.59 Å². The van der Waals surface area contributed by atoms with E-state index in [4.69, 9.17) is 9.47 Å². The zero-order chi connectivity index (χ0) is 24.3. The van der Waals surface area contributed by atoms with Crippen molar-refractivity contribution in [3.63, 3.8) is 0 Å². The molecule has 0 N–H and O–H groups in total. The molecule has 0 spiro atoms. The van der Waals surface area contributed by atoms with Gasteiger partial charge in [0.05, 0.1) is 11.7 Å². The number of ether oxygens (including phenoxy) is 2. The molecule has 7 nitrogen and oxygen atoms in total. The minimum atomic E-state index is -0.753. The number of amides is 2. The number of rotatable bonds is 3. The third-order valence-electron chi connectivity index (χ3n) is 4.55. The number of guanidine groups is 1. The maximum atomic E-state index is 13.3. The quantitative estimate of drug-likeness (QED) is 0.580. The molecule has 0 bridgehead atoms. The summed E-state index contributed by atoms with van der Waals surface area (Å²) >= 11 is 0. The molecule has 0 aliphatic carbocycles. The standard InChI is InChI=1S/C25H37N3O4/c1-17(2)15-19-20(16-18-13-11-10-12-14-18)28(23(30)32-25(6,7)8)21(27(19)9)26-22(29)31-24(3,4)5/h10-14,16-17,19H,15H2,1-9H3/b20-16-,26-21+. The van der Waals surface area contributed by atoms with Gasteiger partial charge in [0.15, 0.2) is 0 Å². The van der Waals surface area contributed by atoms with Crippen molar-refractivity contribution in [2.45, 2.75) is 79.1 Å². The van der Waals surface area contributed by atoms with E-state index in [9.17, 15) is 9.59 Å². The topological polar surface area (TPSA) is 71.4 Å². The molecule has 176 valence electrons. The molecule has 1 fully saturated rings. The van der Waals surface area contributed by atoms with Crippen molar-refractivity contribution in [2.75, 3.05) is 7.05 Å². The molecule has 32 heavy (non-hydrogen) atoms. The lowest BCUT2D eigenvalue weighted by atomic mass is 9.99. The van der Waals surface area contributed by atoms with Gasteiger partial charge in [0, 0.05) is 7.05 Å². The Morgan fingerprint density at radius 2 is 1.59 bits per heavy atom. The second-order valence-corrected chi connectivity index (χ2v) is 10.4. The smallest absolute Gasteiger partial charge is 0.437 e. The predicted molar refractivity (Wildman–Crippen MR) is 127 cm³/mol. The highest BCUT2D eigenvalue weighted by Gasteiger charge is 2.44. The zero-order valence-corrected chi connectivity index (χ0v) is 20.8. The molecule has 1 aliphatic rings. The average molecular weight is 444 g/mol. The number of benzene rings is 1. The van der Waals surface area contributed by atoms with Gasteiger partial charge in [0.2, 0.25) is 5.96 Å². The Labute approximate surface area is 192 Å². The molecule has 1 unspecified atom stereocenters. The SMILES string of the molecule is CC(C)CC1/C(=C/c2ccccc2)N(C(=O)OC(C)(C)C)/C(=N/C(=O)OC(C)(C)C)N1C. The highest BCUT2D eigenvalue weighted by atomic mass is 16.6. The zero-order valence-electron chi connectivity index (χ0n) is 20.8. The third-order valence-corrected chi connectivity index (χ3v) is 4.55. The van der Waals surface area contributed by atoms with Crippen LogP contribution >= 0.6 is 0 Å². The van der Waals surface area contributed by atoms with Crippen molar-refractivity contribution in [1.82, 2.24) is 9.80 Å². The van der Waals surface area contributed by atoms with Gasteiger partial charge in [-0.3, -0.25) is 0 Å². The van der Waals surface area contributed by atoms with E-state index >= 15 is 0 Å². The van der Waals surface area contributed by atoms with Crippen molar-refractivity contribution in [1.29, 1.82) is 0 Å². The molecule has 1 aromatic rings. The van der Waals surface area contributed by atoms with Gasteiger partial charge in [0.1, 0.15) is 11.2 Å². The fourth-order valence-corrected chi connectivity index (χ4v) is 3.36. The maximum Gasteiger partial charge on any atom is 0.437 e. The molecule has 2 rings (SSSR count). The Balaban J connectivity index is 2.62. The molecular weight excluding hydrogens is 406 g/mol. The number of aliphatic imine (C=N–C) groups is 1. The molecule has 1 aromatic carbocycles. The second kappa shape index (κ2) is 9.76. The number of carbonyl (C=O) groups excluding carboxylic acids is 2. The Bertz CT molecular complexity index is 877. The van der Waals surface area contributed by atoms with Crippen molar-refractivity contribution < 1.29 is 19.1 Å². The molecule has 0 saturated carbocycles. The Morgan fingerprint density at radius 3 is 2.09 bits per heavy atom. The number of hydrogen-bond donors (Lipinski definition) is 0. The first-order valence-corrected chi connectivity index (χ1v) is 11.0. The van der Waals surface area contributed by atoms with Gasteiger partial charge in [-0.1, -0.05) is 44.2 Å². The fourth-order valence-electron chi connectivity index (χ4n) is 3.36. The molecule has 1 heterocycles. The van der Waals surface area contributed by atoms with E-state index in [2.05, 4.69) is 18.8 Å². The van der Waals surface area contributed by atoms with E-state index < -0.39 is 23.4 Å². The summed E-state index contributed by atoms with van der Waals surface area (Å²) in [6, 6.07) is 9.59. The van der Waals surface area contributed by atoms with E-state index in [0.29, 0.717) is 11.6 Å². The van der Waals surface area contributed by atoms with E-state index in [1.165, 1.54) is 4.90 Å². The lowest BCUT2D eigenvalue weighted by Crippen LogP contribution is -2.40. The van der Waals surface area contributed by atoms with Crippen molar-refractivity contribution in [3.8, 4) is 0 Å². The molecule has 1 aliphatic heterocycles. The summed E-state index contributed by atoms with van der Waals surface area (Å²) in [6.07, 6.45) is 1.38. The number of nitrogens with zero attached hydrogens (tertiary/aromatic N) is 3. The van der Waals surface area contributed by atoms with E-state index in [0.717, 1.165) is 12.0 Å². The third kappa shape index (κ3) is 7.11. The van der Waals surface area contributed by atoms with Gasteiger partial charge in [-0.25, -0.2) is 14.5 Å². The molecule has 7 heteroatoms. The number of carbonyl (C=O) groups is 2. The summed E-state index contributed by atoms with van der Waals surface area (Å²) < 4.78 is 11.1. The van der Waals surface area contributed by atoms with Crippen LogP contribution in [0, 0.1) is 5.92 Å². The van der Waals surface area contributed by atoms with Gasteiger partial charge in [-0.2, -0.15) is 0 Å². The van der Waals surface area contributed by atoms with E-state index in [-0.39, 0.29) is 12.0 Å². The normalized spacial score (nSPS) is 19.8. The van der Waals surface area contributed by atoms with Gasteiger partial charge in [-0.05, 0) is 65.5 Å². The first-order chi connectivity index (χ1) is 14.7. The van der Waals surface area contributed by atoms with Crippen LogP contribution in [0.2, 0.25) is 0 Å². The Morgan fingerprint density at radius 1 is 1.03 bits per heavy atom. The first-order valence-electron chi connectivity index (χ1n) is 11.0. The summed E-state index contributed by atoms with van der Waals surface area (Å²) in [5, 5.41) is 0. The van der Waals surface area contributed by atoms with Crippen LogP contribution in [0.25, 0.3) is 6.08 Å². The number of hydrogen-bond acceptors (Lipinski definition) is 4. The Hall–Kier alpha value is -2.83. The highest BCUT2D eigenvalue weighted by Crippen LogP contribution is 2.33. The van der Waals surface area contributed by atoms with Crippen LogP contribution < -0.4 is 0 Å². The number of likely N-dealkylation sites (N-methyl/N-ethyl adjacent to an activating group) is 1. The van der Waals surface area contributed by atoms with Crippen molar-refractivity contribution >= 4 is 24.2 Å². The van der Waals surface area contributed by atoms with Crippen molar-refractivity contribution in [2.24, 2.45) is 10.9 Å². The van der Waals surface area contributed by atoms with Crippen LogP contribution in [0.5, 0.6) is 0 Å². The minimum Gasteiger partial charge on any atom is -0.443 e. The van der Waals surface area contributed by atoms with Crippen LogP contribution in [0.1, 0.15) is 67.4 Å².